The average molecular weight is 236 g/mol. The molecule has 3 heteroatoms. The predicted octanol–water partition coefficient (Wildman–Crippen LogP) is 2.41. The van der Waals surface area contributed by atoms with E-state index >= 15 is 0 Å². The molecule has 1 aliphatic carbocycles. The first-order valence-electron chi connectivity index (χ1n) is 6.17. The van der Waals surface area contributed by atoms with Crippen molar-refractivity contribution in [1.82, 2.24) is 0 Å². The lowest BCUT2D eigenvalue weighted by atomic mass is 10.1. The third kappa shape index (κ3) is 3.63. The smallest absolute Gasteiger partial charge is 0.161 e. The molecule has 0 bridgehead atoms. The fourth-order valence-corrected chi connectivity index (χ4v) is 1.79. The van der Waals surface area contributed by atoms with Crippen LogP contribution in [0.25, 0.3) is 0 Å². The summed E-state index contributed by atoms with van der Waals surface area (Å²) in [5.41, 5.74) is 1.08. The van der Waals surface area contributed by atoms with Gasteiger partial charge in [0.1, 0.15) is 0 Å². The van der Waals surface area contributed by atoms with Crippen LogP contribution in [0.3, 0.4) is 0 Å². The first-order chi connectivity index (χ1) is 8.19. The van der Waals surface area contributed by atoms with E-state index in [1.165, 1.54) is 12.8 Å². The van der Waals surface area contributed by atoms with E-state index in [2.05, 4.69) is 0 Å². The molecule has 1 saturated carbocycles. The van der Waals surface area contributed by atoms with Gasteiger partial charge in [-0.25, -0.2) is 0 Å². The molecular formula is C14H20O3. The summed E-state index contributed by atoms with van der Waals surface area (Å²) in [5, 5.41) is 9.38. The third-order valence-corrected chi connectivity index (χ3v) is 2.93. The normalized spacial score (nSPS) is 16.6. The van der Waals surface area contributed by atoms with Gasteiger partial charge < -0.3 is 14.6 Å². The molecule has 17 heavy (non-hydrogen) atoms. The number of aliphatic hydroxyl groups excluding tert-OH is 1. The maximum Gasteiger partial charge on any atom is 0.161 e. The molecule has 2 rings (SSSR count). The molecule has 1 aliphatic rings. The second-order valence-corrected chi connectivity index (χ2v) is 4.79. The van der Waals surface area contributed by atoms with Gasteiger partial charge in [0.2, 0.25) is 0 Å². The molecule has 3 nitrogen and oxygen atoms in total. The van der Waals surface area contributed by atoms with Gasteiger partial charge in [-0.1, -0.05) is 6.07 Å². The van der Waals surface area contributed by atoms with E-state index < -0.39 is 0 Å². The van der Waals surface area contributed by atoms with E-state index in [4.69, 9.17) is 9.47 Å². The van der Waals surface area contributed by atoms with Crippen molar-refractivity contribution in [2.75, 3.05) is 13.7 Å². The molecule has 0 aliphatic heterocycles. The van der Waals surface area contributed by atoms with Gasteiger partial charge in [0.25, 0.3) is 0 Å². The van der Waals surface area contributed by atoms with Crippen molar-refractivity contribution in [3.8, 4) is 11.5 Å². The van der Waals surface area contributed by atoms with Gasteiger partial charge in [-0.05, 0) is 49.8 Å². The molecule has 0 saturated heterocycles. The van der Waals surface area contributed by atoms with E-state index in [1.54, 1.807) is 14.0 Å². The number of ether oxygens (including phenoxy) is 2. The first kappa shape index (κ1) is 12.2. The molecule has 1 aromatic carbocycles. The minimum atomic E-state index is -0.334. The highest BCUT2D eigenvalue weighted by Gasteiger charge is 2.22. The van der Waals surface area contributed by atoms with Gasteiger partial charge in [-0.2, -0.15) is 0 Å². The van der Waals surface area contributed by atoms with Crippen LogP contribution in [0.15, 0.2) is 18.2 Å². The van der Waals surface area contributed by atoms with Crippen molar-refractivity contribution in [1.29, 1.82) is 0 Å². The van der Waals surface area contributed by atoms with Gasteiger partial charge >= 0.3 is 0 Å². The van der Waals surface area contributed by atoms with Crippen molar-refractivity contribution in [2.45, 2.75) is 32.3 Å². The third-order valence-electron chi connectivity index (χ3n) is 2.93. The lowest BCUT2D eigenvalue weighted by molar-refractivity contribution is 0.195. The summed E-state index contributed by atoms with van der Waals surface area (Å²) in [7, 11) is 1.65. The zero-order valence-electron chi connectivity index (χ0n) is 10.5. The largest absolute Gasteiger partial charge is 0.493 e. The molecule has 1 fully saturated rings. The second-order valence-electron chi connectivity index (χ2n) is 4.79. The van der Waals surface area contributed by atoms with E-state index in [1.807, 2.05) is 18.2 Å². The topological polar surface area (TPSA) is 38.7 Å². The summed E-state index contributed by atoms with van der Waals surface area (Å²) in [4.78, 5) is 0. The number of hydrogen-bond donors (Lipinski definition) is 1. The standard InChI is InChI=1S/C14H20O3/c1-10(15)7-12-5-6-13(16-2)14(8-12)17-9-11-3-4-11/h5-6,8,10-11,15H,3-4,7,9H2,1-2H3. The Morgan fingerprint density at radius 3 is 2.71 bits per heavy atom. The van der Waals surface area contributed by atoms with Gasteiger partial charge in [-0.3, -0.25) is 0 Å². The minimum Gasteiger partial charge on any atom is -0.493 e. The van der Waals surface area contributed by atoms with Gasteiger partial charge in [0, 0.05) is 0 Å². The van der Waals surface area contributed by atoms with Crippen molar-refractivity contribution in [3.05, 3.63) is 23.8 Å². The molecule has 0 spiro atoms. The van der Waals surface area contributed by atoms with Gasteiger partial charge in [-0.15, -0.1) is 0 Å². The molecular weight excluding hydrogens is 216 g/mol. The molecule has 0 aromatic heterocycles. The Labute approximate surface area is 102 Å². The van der Waals surface area contributed by atoms with Gasteiger partial charge in [0.05, 0.1) is 19.8 Å². The maximum atomic E-state index is 9.38. The second kappa shape index (κ2) is 5.41. The van der Waals surface area contributed by atoms with Crippen LogP contribution in [0.5, 0.6) is 11.5 Å². The van der Waals surface area contributed by atoms with Crippen LogP contribution in [0.2, 0.25) is 0 Å². The van der Waals surface area contributed by atoms with Gasteiger partial charge in [0.15, 0.2) is 11.5 Å². The predicted molar refractivity (Wildman–Crippen MR) is 66.6 cm³/mol. The van der Waals surface area contributed by atoms with Crippen LogP contribution >= 0.6 is 0 Å². The SMILES string of the molecule is COc1ccc(CC(C)O)cc1OCC1CC1. The highest BCUT2D eigenvalue weighted by Crippen LogP contribution is 2.33. The van der Waals surface area contributed by atoms with E-state index in [9.17, 15) is 5.11 Å². The Morgan fingerprint density at radius 2 is 2.12 bits per heavy atom. The molecule has 1 atom stereocenters. The molecule has 1 N–H and O–H groups in total. The number of aliphatic hydroxyl groups is 1. The van der Waals surface area contributed by atoms with Crippen molar-refractivity contribution >= 4 is 0 Å². The lowest BCUT2D eigenvalue weighted by Crippen LogP contribution is -2.06. The molecule has 0 heterocycles. The minimum absolute atomic E-state index is 0.334. The van der Waals surface area contributed by atoms with Crippen LogP contribution in [0, 0.1) is 5.92 Å². The van der Waals surface area contributed by atoms with Crippen LogP contribution < -0.4 is 9.47 Å². The Kier molecular flexibility index (Phi) is 3.89. The zero-order valence-corrected chi connectivity index (χ0v) is 10.5. The van der Waals surface area contributed by atoms with Crippen molar-refractivity contribution in [2.24, 2.45) is 5.92 Å². The number of benzene rings is 1. The fourth-order valence-electron chi connectivity index (χ4n) is 1.79. The summed E-state index contributed by atoms with van der Waals surface area (Å²) in [6, 6.07) is 5.84. The molecule has 94 valence electrons. The average Bonchev–Trinajstić information content (AvgIpc) is 3.09. The monoisotopic (exact) mass is 236 g/mol. The first-order valence-corrected chi connectivity index (χ1v) is 6.17. The summed E-state index contributed by atoms with van der Waals surface area (Å²) in [5.74, 6) is 2.28. The summed E-state index contributed by atoms with van der Waals surface area (Å²) < 4.78 is 11.0. The van der Waals surface area contributed by atoms with Crippen LogP contribution in [-0.2, 0) is 6.42 Å². The maximum absolute atomic E-state index is 9.38. The number of hydrogen-bond acceptors (Lipinski definition) is 3. The Morgan fingerprint density at radius 1 is 1.35 bits per heavy atom. The van der Waals surface area contributed by atoms with Crippen molar-refractivity contribution in [3.63, 3.8) is 0 Å². The molecule has 1 aromatic rings. The number of methoxy groups -OCH3 is 1. The van der Waals surface area contributed by atoms with Crippen molar-refractivity contribution < 1.29 is 14.6 Å². The van der Waals surface area contributed by atoms with Crippen LogP contribution in [0.4, 0.5) is 0 Å². The summed E-state index contributed by atoms with van der Waals surface area (Å²) in [6.07, 6.45) is 2.86. The Bertz CT molecular complexity index is 370. The molecule has 1 unspecified atom stereocenters. The summed E-state index contributed by atoms with van der Waals surface area (Å²) >= 11 is 0. The van der Waals surface area contributed by atoms with Crippen LogP contribution in [-0.4, -0.2) is 24.9 Å². The van der Waals surface area contributed by atoms with Crippen LogP contribution in [0.1, 0.15) is 25.3 Å². The fraction of sp³-hybridized carbons (Fsp3) is 0.571. The Balaban J connectivity index is 2.07. The van der Waals surface area contributed by atoms with E-state index in [0.29, 0.717) is 6.42 Å². The number of rotatable bonds is 6. The van der Waals surface area contributed by atoms with E-state index in [-0.39, 0.29) is 6.10 Å². The zero-order chi connectivity index (χ0) is 12.3. The highest BCUT2D eigenvalue weighted by molar-refractivity contribution is 5.43. The molecule has 0 radical (unpaired) electrons. The van der Waals surface area contributed by atoms with E-state index in [0.717, 1.165) is 29.6 Å². The Hall–Kier alpha value is -1.22. The lowest BCUT2D eigenvalue weighted by Gasteiger charge is -2.12. The quantitative estimate of drug-likeness (QED) is 0.824. The molecule has 0 amide bonds. The highest BCUT2D eigenvalue weighted by atomic mass is 16.5. The summed E-state index contributed by atoms with van der Waals surface area (Å²) in [6.45, 7) is 2.56.